The minimum atomic E-state index is -0.329. The third kappa shape index (κ3) is 5.17. The van der Waals surface area contributed by atoms with Gasteiger partial charge in [-0.1, -0.05) is 0 Å². The van der Waals surface area contributed by atoms with Crippen LogP contribution in [-0.4, -0.2) is 68.8 Å². The van der Waals surface area contributed by atoms with E-state index in [1.54, 1.807) is 56.2 Å². The van der Waals surface area contributed by atoms with Crippen molar-refractivity contribution >= 4 is 11.7 Å². The van der Waals surface area contributed by atoms with Gasteiger partial charge in [0, 0.05) is 43.4 Å². The maximum atomic E-state index is 14.0. The normalized spacial score (nSPS) is 13.6. The molecule has 0 N–H and O–H groups in total. The second kappa shape index (κ2) is 10.5. The van der Waals surface area contributed by atoms with Gasteiger partial charge in [-0.05, 0) is 61.4 Å². The van der Waals surface area contributed by atoms with Crippen LogP contribution in [0.4, 0.5) is 14.6 Å². The van der Waals surface area contributed by atoms with Gasteiger partial charge in [0.15, 0.2) is 11.6 Å². The molecule has 5 rings (SSSR count). The molecule has 0 spiro atoms. The Balaban J connectivity index is 1.37. The Morgan fingerprint density at radius 2 is 1.58 bits per heavy atom. The molecule has 0 unspecified atom stereocenters. The van der Waals surface area contributed by atoms with Crippen molar-refractivity contribution in [2.45, 2.75) is 20.4 Å². The van der Waals surface area contributed by atoms with Crippen molar-refractivity contribution in [2.75, 3.05) is 38.2 Å². The summed E-state index contributed by atoms with van der Waals surface area (Å²) in [4.78, 5) is 30.2. The average Bonchev–Trinajstić information content (AvgIpc) is 3.35. The van der Waals surface area contributed by atoms with Crippen LogP contribution in [0.25, 0.3) is 22.8 Å². The monoisotopic (exact) mass is 519 g/mol. The standard InChI is InChI=1S/C27H27F2N7O2/c1-17-12-19(4-6-21(17)28)26-32-27(20-5-7-22(29)18(2)13-20)36(33-26)15-25(37)35-10-8-34(9-11-35)23-14-24(38-3)31-16-30-23/h4-7,12-14,16H,8-11,15H2,1-3H3. The van der Waals surface area contributed by atoms with Gasteiger partial charge in [0.25, 0.3) is 0 Å². The van der Waals surface area contributed by atoms with Gasteiger partial charge < -0.3 is 14.5 Å². The van der Waals surface area contributed by atoms with E-state index >= 15 is 0 Å². The molecule has 3 heterocycles. The number of rotatable bonds is 6. The highest BCUT2D eigenvalue weighted by Gasteiger charge is 2.25. The highest BCUT2D eigenvalue weighted by atomic mass is 19.1. The topological polar surface area (TPSA) is 89.3 Å². The first kappa shape index (κ1) is 25.2. The smallest absolute Gasteiger partial charge is 0.244 e. The molecule has 0 aliphatic carbocycles. The number of benzene rings is 2. The first-order valence-electron chi connectivity index (χ1n) is 12.2. The molecule has 1 aliphatic rings. The van der Waals surface area contributed by atoms with E-state index in [1.807, 2.05) is 0 Å². The number of nitrogens with zero attached hydrogens (tertiary/aromatic N) is 7. The quantitative estimate of drug-likeness (QED) is 0.384. The van der Waals surface area contributed by atoms with Crippen molar-refractivity contribution in [3.63, 3.8) is 0 Å². The third-order valence-corrected chi connectivity index (χ3v) is 6.58. The van der Waals surface area contributed by atoms with Gasteiger partial charge in [-0.3, -0.25) is 4.79 Å². The third-order valence-electron chi connectivity index (χ3n) is 6.58. The van der Waals surface area contributed by atoms with Crippen molar-refractivity contribution in [1.82, 2.24) is 29.6 Å². The fraction of sp³-hybridized carbons (Fsp3) is 0.296. The van der Waals surface area contributed by atoms with Gasteiger partial charge in [-0.15, -0.1) is 5.10 Å². The summed E-state index contributed by atoms with van der Waals surface area (Å²) < 4.78 is 34.5. The summed E-state index contributed by atoms with van der Waals surface area (Å²) in [6, 6.07) is 11.1. The van der Waals surface area contributed by atoms with E-state index in [9.17, 15) is 13.6 Å². The van der Waals surface area contributed by atoms with Gasteiger partial charge in [0.05, 0.1) is 7.11 Å². The lowest BCUT2D eigenvalue weighted by atomic mass is 10.1. The Bertz CT molecular complexity index is 1480. The maximum absolute atomic E-state index is 14.0. The first-order valence-corrected chi connectivity index (χ1v) is 12.2. The van der Waals surface area contributed by atoms with E-state index in [-0.39, 0.29) is 24.1 Å². The Morgan fingerprint density at radius 3 is 2.24 bits per heavy atom. The SMILES string of the molecule is COc1cc(N2CCN(C(=O)Cn3nc(-c4ccc(F)c(C)c4)nc3-c3ccc(F)c(C)c3)CC2)ncn1. The molecule has 1 saturated heterocycles. The number of amides is 1. The highest BCUT2D eigenvalue weighted by Crippen LogP contribution is 2.26. The Hall–Kier alpha value is -4.41. The average molecular weight is 520 g/mol. The number of methoxy groups -OCH3 is 1. The van der Waals surface area contributed by atoms with Gasteiger partial charge in [-0.2, -0.15) is 0 Å². The molecule has 1 aliphatic heterocycles. The number of hydrogen-bond donors (Lipinski definition) is 0. The molecule has 0 radical (unpaired) electrons. The van der Waals surface area contributed by atoms with Crippen molar-refractivity contribution < 1.29 is 18.3 Å². The van der Waals surface area contributed by atoms with Crippen LogP contribution < -0.4 is 9.64 Å². The van der Waals surface area contributed by atoms with Crippen LogP contribution in [0.15, 0.2) is 48.8 Å². The molecule has 0 bridgehead atoms. The van der Waals surface area contributed by atoms with Gasteiger partial charge in [0.2, 0.25) is 11.8 Å². The van der Waals surface area contributed by atoms with E-state index < -0.39 is 0 Å². The predicted octanol–water partition coefficient (Wildman–Crippen LogP) is 3.65. The summed E-state index contributed by atoms with van der Waals surface area (Å²) in [7, 11) is 1.55. The first-order chi connectivity index (χ1) is 18.3. The van der Waals surface area contributed by atoms with Crippen LogP contribution in [0.5, 0.6) is 5.88 Å². The number of hydrogen-bond acceptors (Lipinski definition) is 7. The minimum Gasteiger partial charge on any atom is -0.481 e. The number of aromatic nitrogens is 5. The van der Waals surface area contributed by atoms with Crippen molar-refractivity contribution in [3.8, 4) is 28.7 Å². The van der Waals surface area contributed by atoms with E-state index in [2.05, 4.69) is 25.0 Å². The number of anilines is 1. The zero-order valence-electron chi connectivity index (χ0n) is 21.4. The molecular formula is C27H27F2N7O2. The molecule has 38 heavy (non-hydrogen) atoms. The molecule has 9 nitrogen and oxygen atoms in total. The Kier molecular flexibility index (Phi) is 6.99. The molecular weight excluding hydrogens is 492 g/mol. The van der Waals surface area contributed by atoms with Gasteiger partial charge in [-0.25, -0.2) is 28.4 Å². The summed E-state index contributed by atoms with van der Waals surface area (Å²) in [5, 5.41) is 4.60. The molecule has 196 valence electrons. The lowest BCUT2D eigenvalue weighted by Gasteiger charge is -2.35. The van der Waals surface area contributed by atoms with Gasteiger partial charge >= 0.3 is 0 Å². The number of carbonyl (C=O) groups excluding carboxylic acids is 1. The summed E-state index contributed by atoms with van der Waals surface area (Å²) in [6.07, 6.45) is 1.45. The molecule has 4 aromatic rings. The molecule has 0 atom stereocenters. The van der Waals surface area contributed by atoms with Crippen molar-refractivity contribution in [3.05, 3.63) is 71.6 Å². The van der Waals surface area contributed by atoms with Crippen LogP contribution in [0, 0.1) is 25.5 Å². The second-order valence-electron chi connectivity index (χ2n) is 9.13. The minimum absolute atomic E-state index is 0.0414. The number of ether oxygens (including phenoxy) is 1. The molecule has 1 amide bonds. The summed E-state index contributed by atoms with van der Waals surface area (Å²) >= 11 is 0. The Labute approximate surface area is 218 Å². The van der Waals surface area contributed by atoms with E-state index in [4.69, 9.17) is 4.74 Å². The predicted molar refractivity (Wildman–Crippen MR) is 138 cm³/mol. The van der Waals surface area contributed by atoms with Crippen molar-refractivity contribution in [1.29, 1.82) is 0 Å². The lowest BCUT2D eigenvalue weighted by molar-refractivity contribution is -0.132. The molecule has 2 aromatic heterocycles. The largest absolute Gasteiger partial charge is 0.481 e. The van der Waals surface area contributed by atoms with E-state index in [0.717, 1.165) is 5.82 Å². The van der Waals surface area contributed by atoms with Crippen LogP contribution in [-0.2, 0) is 11.3 Å². The zero-order valence-corrected chi connectivity index (χ0v) is 21.4. The number of carbonyl (C=O) groups is 1. The van der Waals surface area contributed by atoms with E-state index in [0.29, 0.717) is 66.0 Å². The highest BCUT2D eigenvalue weighted by molar-refractivity contribution is 5.77. The fourth-order valence-electron chi connectivity index (χ4n) is 4.38. The summed E-state index contributed by atoms with van der Waals surface area (Å²) in [5.41, 5.74) is 2.19. The van der Waals surface area contributed by atoms with Crippen LogP contribution >= 0.6 is 0 Å². The molecule has 1 fully saturated rings. The molecule has 0 saturated carbocycles. The van der Waals surface area contributed by atoms with Crippen LogP contribution in [0.3, 0.4) is 0 Å². The summed E-state index contributed by atoms with van der Waals surface area (Å²) in [5.74, 6) is 1.26. The van der Waals surface area contributed by atoms with Crippen LogP contribution in [0.2, 0.25) is 0 Å². The number of aryl methyl sites for hydroxylation is 2. The number of halogens is 2. The lowest BCUT2D eigenvalue weighted by Crippen LogP contribution is -2.50. The Morgan fingerprint density at radius 1 is 0.921 bits per heavy atom. The fourth-order valence-corrected chi connectivity index (χ4v) is 4.38. The molecule has 11 heteroatoms. The van der Waals surface area contributed by atoms with Crippen LogP contribution in [0.1, 0.15) is 11.1 Å². The molecule has 2 aromatic carbocycles. The zero-order chi connectivity index (χ0) is 26.8. The maximum Gasteiger partial charge on any atom is 0.244 e. The van der Waals surface area contributed by atoms with Crippen molar-refractivity contribution in [2.24, 2.45) is 0 Å². The van der Waals surface area contributed by atoms with E-state index in [1.165, 1.54) is 23.1 Å². The van der Waals surface area contributed by atoms with Gasteiger partial charge in [0.1, 0.15) is 30.3 Å². The number of piperazine rings is 1. The summed E-state index contributed by atoms with van der Waals surface area (Å²) in [6.45, 7) is 5.52. The second-order valence-corrected chi connectivity index (χ2v) is 9.13.